The van der Waals surface area contributed by atoms with Crippen molar-refractivity contribution in [3.63, 3.8) is 0 Å². The number of hydrogen-bond acceptors (Lipinski definition) is 4. The Kier molecular flexibility index (Phi) is 5.18. The molecule has 0 bridgehead atoms. The van der Waals surface area contributed by atoms with E-state index < -0.39 is 0 Å². The molecule has 4 rings (SSSR count). The van der Waals surface area contributed by atoms with Crippen LogP contribution in [-0.4, -0.2) is 30.1 Å². The number of carbonyl (C=O) groups excluding carboxylic acids is 1. The van der Waals surface area contributed by atoms with Gasteiger partial charge in [-0.3, -0.25) is 4.79 Å². The van der Waals surface area contributed by atoms with E-state index in [4.69, 9.17) is 9.72 Å². The van der Waals surface area contributed by atoms with Gasteiger partial charge in [-0.2, -0.15) is 0 Å². The van der Waals surface area contributed by atoms with E-state index in [1.807, 2.05) is 30.3 Å². The quantitative estimate of drug-likeness (QED) is 0.795. The van der Waals surface area contributed by atoms with Crippen molar-refractivity contribution in [2.75, 3.05) is 18.5 Å². The van der Waals surface area contributed by atoms with Crippen LogP contribution in [0.15, 0.2) is 36.4 Å². The minimum Gasteiger partial charge on any atom is -0.381 e. The fourth-order valence-electron chi connectivity index (χ4n) is 3.27. The lowest BCUT2D eigenvalue weighted by atomic mass is 10.1. The molecule has 2 aliphatic rings. The standard InChI is InChI=1S/C20H24N3O2P/c24-20(22-14-8-10-25-11-9-14)17-6-7-18(23-19(17)13-4-5-13)21-15-2-1-3-16(26)12-15/h1-3,6-7,12-14H,4-5,8-11,26H2,(H,21,23)(H,22,24). The molecule has 1 unspecified atom stereocenters. The number of benzene rings is 1. The summed E-state index contributed by atoms with van der Waals surface area (Å²) in [6, 6.07) is 12.1. The second-order valence-electron chi connectivity index (χ2n) is 7.01. The molecular formula is C20H24N3O2P. The zero-order valence-electron chi connectivity index (χ0n) is 14.7. The van der Waals surface area contributed by atoms with Crippen LogP contribution in [0.4, 0.5) is 11.5 Å². The van der Waals surface area contributed by atoms with E-state index in [1.54, 1.807) is 0 Å². The molecule has 136 valence electrons. The van der Waals surface area contributed by atoms with Crippen molar-refractivity contribution in [3.05, 3.63) is 47.7 Å². The second kappa shape index (κ2) is 7.73. The zero-order valence-corrected chi connectivity index (χ0v) is 15.9. The van der Waals surface area contributed by atoms with Crippen molar-refractivity contribution >= 4 is 32.0 Å². The van der Waals surface area contributed by atoms with E-state index in [0.717, 1.165) is 61.4 Å². The van der Waals surface area contributed by atoms with Gasteiger partial charge in [-0.15, -0.1) is 9.24 Å². The summed E-state index contributed by atoms with van der Waals surface area (Å²) in [4.78, 5) is 17.5. The van der Waals surface area contributed by atoms with Crippen LogP contribution in [-0.2, 0) is 4.74 Å². The maximum Gasteiger partial charge on any atom is 0.253 e. The molecule has 1 aromatic heterocycles. The number of pyridine rings is 1. The fraction of sp³-hybridized carbons (Fsp3) is 0.400. The normalized spacial score (nSPS) is 17.7. The van der Waals surface area contributed by atoms with Gasteiger partial charge in [-0.1, -0.05) is 12.1 Å². The highest BCUT2D eigenvalue weighted by Crippen LogP contribution is 2.41. The Morgan fingerprint density at radius 2 is 1.92 bits per heavy atom. The van der Waals surface area contributed by atoms with Crippen LogP contribution in [0.1, 0.15) is 47.7 Å². The van der Waals surface area contributed by atoms with Gasteiger partial charge >= 0.3 is 0 Å². The Hall–Kier alpha value is -1.97. The van der Waals surface area contributed by atoms with Gasteiger partial charge in [-0.05, 0) is 55.3 Å². The first-order chi connectivity index (χ1) is 12.7. The average Bonchev–Trinajstić information content (AvgIpc) is 3.47. The smallest absolute Gasteiger partial charge is 0.253 e. The van der Waals surface area contributed by atoms with Gasteiger partial charge in [0.05, 0.1) is 11.3 Å². The van der Waals surface area contributed by atoms with Crippen molar-refractivity contribution in [1.29, 1.82) is 0 Å². The third-order valence-corrected chi connectivity index (χ3v) is 5.21. The number of hydrogen-bond donors (Lipinski definition) is 2. The van der Waals surface area contributed by atoms with E-state index in [9.17, 15) is 4.79 Å². The van der Waals surface area contributed by atoms with Crippen LogP contribution < -0.4 is 15.9 Å². The third kappa shape index (κ3) is 4.22. The van der Waals surface area contributed by atoms with E-state index in [0.29, 0.717) is 11.5 Å². The maximum atomic E-state index is 12.8. The first-order valence-corrected chi connectivity index (χ1v) is 9.79. The number of nitrogens with zero attached hydrogens (tertiary/aromatic N) is 1. The largest absolute Gasteiger partial charge is 0.381 e. The van der Waals surface area contributed by atoms with Gasteiger partial charge in [-0.25, -0.2) is 4.98 Å². The summed E-state index contributed by atoms with van der Waals surface area (Å²) >= 11 is 0. The molecule has 1 aliphatic heterocycles. The molecule has 1 saturated heterocycles. The molecule has 0 radical (unpaired) electrons. The molecule has 1 saturated carbocycles. The molecule has 2 aromatic rings. The van der Waals surface area contributed by atoms with E-state index in [1.165, 1.54) is 0 Å². The van der Waals surface area contributed by atoms with Crippen LogP contribution in [0.2, 0.25) is 0 Å². The lowest BCUT2D eigenvalue weighted by Crippen LogP contribution is -2.39. The Bertz CT molecular complexity index is 801. The molecule has 1 aromatic carbocycles. The number of carbonyl (C=O) groups is 1. The van der Waals surface area contributed by atoms with Crippen LogP contribution >= 0.6 is 9.24 Å². The molecular weight excluding hydrogens is 345 g/mol. The summed E-state index contributed by atoms with van der Waals surface area (Å²) in [7, 11) is 2.69. The van der Waals surface area contributed by atoms with Crippen LogP contribution in [0.5, 0.6) is 0 Å². The predicted molar refractivity (Wildman–Crippen MR) is 107 cm³/mol. The lowest BCUT2D eigenvalue weighted by Gasteiger charge is -2.23. The fourth-order valence-corrected chi connectivity index (χ4v) is 3.56. The van der Waals surface area contributed by atoms with Gasteiger partial charge in [0.15, 0.2) is 0 Å². The molecule has 5 nitrogen and oxygen atoms in total. The van der Waals surface area contributed by atoms with Gasteiger partial charge in [0.2, 0.25) is 0 Å². The van der Waals surface area contributed by atoms with Gasteiger partial charge in [0.1, 0.15) is 5.82 Å². The summed E-state index contributed by atoms with van der Waals surface area (Å²) in [5, 5.41) is 7.61. The first kappa shape index (κ1) is 17.4. The number of amides is 1. The molecule has 26 heavy (non-hydrogen) atoms. The van der Waals surface area contributed by atoms with E-state index >= 15 is 0 Å². The molecule has 1 atom stereocenters. The topological polar surface area (TPSA) is 63.2 Å². The van der Waals surface area contributed by atoms with Gasteiger partial charge in [0, 0.05) is 30.9 Å². The van der Waals surface area contributed by atoms with Crippen molar-refractivity contribution < 1.29 is 9.53 Å². The lowest BCUT2D eigenvalue weighted by molar-refractivity contribution is 0.0696. The third-order valence-electron chi connectivity index (χ3n) is 4.85. The van der Waals surface area contributed by atoms with Crippen molar-refractivity contribution in [3.8, 4) is 0 Å². The number of ether oxygens (including phenoxy) is 1. The Balaban J connectivity index is 1.52. The minimum atomic E-state index is -0.00944. The molecule has 2 N–H and O–H groups in total. The van der Waals surface area contributed by atoms with E-state index in [-0.39, 0.29) is 11.9 Å². The van der Waals surface area contributed by atoms with Crippen molar-refractivity contribution in [2.45, 2.75) is 37.6 Å². The minimum absolute atomic E-state index is 0.00944. The molecule has 0 spiro atoms. The molecule has 1 amide bonds. The molecule has 2 fully saturated rings. The monoisotopic (exact) mass is 369 g/mol. The van der Waals surface area contributed by atoms with Gasteiger partial charge < -0.3 is 15.4 Å². The van der Waals surface area contributed by atoms with Gasteiger partial charge in [0.25, 0.3) is 5.91 Å². The Morgan fingerprint density at radius 3 is 2.65 bits per heavy atom. The van der Waals surface area contributed by atoms with Crippen molar-refractivity contribution in [2.24, 2.45) is 0 Å². The highest BCUT2D eigenvalue weighted by Gasteiger charge is 2.30. The number of anilines is 2. The second-order valence-corrected chi connectivity index (χ2v) is 7.68. The SMILES string of the molecule is O=C(NC1CCOCC1)c1ccc(Nc2cccc(P)c2)nc1C1CC1. The first-order valence-electron chi connectivity index (χ1n) is 9.21. The van der Waals surface area contributed by atoms with Crippen LogP contribution in [0.3, 0.4) is 0 Å². The highest BCUT2D eigenvalue weighted by atomic mass is 31.0. The predicted octanol–water partition coefficient (Wildman–Crippen LogP) is 3.11. The summed E-state index contributed by atoms with van der Waals surface area (Å²) in [5.41, 5.74) is 2.62. The maximum absolute atomic E-state index is 12.8. The summed E-state index contributed by atoms with van der Waals surface area (Å²) in [5.74, 6) is 1.18. The number of rotatable bonds is 5. The van der Waals surface area contributed by atoms with Crippen molar-refractivity contribution in [1.82, 2.24) is 10.3 Å². The zero-order chi connectivity index (χ0) is 17.9. The highest BCUT2D eigenvalue weighted by molar-refractivity contribution is 7.27. The Labute approximate surface area is 156 Å². The molecule has 6 heteroatoms. The van der Waals surface area contributed by atoms with Crippen LogP contribution in [0, 0.1) is 0 Å². The molecule has 2 heterocycles. The van der Waals surface area contributed by atoms with Crippen LogP contribution in [0.25, 0.3) is 0 Å². The molecule has 1 aliphatic carbocycles. The Morgan fingerprint density at radius 1 is 1.12 bits per heavy atom. The number of nitrogens with one attached hydrogen (secondary N) is 2. The summed E-state index contributed by atoms with van der Waals surface area (Å²) < 4.78 is 5.37. The number of aromatic nitrogens is 1. The summed E-state index contributed by atoms with van der Waals surface area (Å²) in [6.45, 7) is 1.44. The van der Waals surface area contributed by atoms with E-state index in [2.05, 4.69) is 25.9 Å². The summed E-state index contributed by atoms with van der Waals surface area (Å²) in [6.07, 6.45) is 3.97. The average molecular weight is 369 g/mol.